The summed E-state index contributed by atoms with van der Waals surface area (Å²) in [7, 11) is 1.70. The van der Waals surface area contributed by atoms with Gasteiger partial charge in [-0.3, -0.25) is 4.79 Å². The molecule has 20 heavy (non-hydrogen) atoms. The van der Waals surface area contributed by atoms with Gasteiger partial charge in [0.2, 0.25) is 5.91 Å². The average Bonchev–Trinajstić information content (AvgIpc) is 2.88. The Bertz CT molecular complexity index is 308. The van der Waals surface area contributed by atoms with Gasteiger partial charge in [-0.15, -0.1) is 0 Å². The first-order valence-electron chi connectivity index (χ1n) is 8.22. The average molecular weight is 282 g/mol. The molecule has 2 aliphatic carbocycles. The number of nitrogens with one attached hydrogen (secondary N) is 1. The molecule has 0 radical (unpaired) electrons. The highest BCUT2D eigenvalue weighted by Gasteiger charge is 2.36. The zero-order valence-corrected chi connectivity index (χ0v) is 12.8. The zero-order chi connectivity index (χ0) is 14.4. The topological polar surface area (TPSA) is 64.3 Å². The minimum absolute atomic E-state index is 0.0227. The number of nitrogens with two attached hydrogens (primary N) is 1. The maximum atomic E-state index is 12.4. The van der Waals surface area contributed by atoms with Gasteiger partial charge in [-0.25, -0.2) is 0 Å². The molecule has 4 nitrogen and oxygen atoms in total. The van der Waals surface area contributed by atoms with E-state index in [2.05, 4.69) is 5.32 Å². The van der Waals surface area contributed by atoms with Crippen LogP contribution in [0.1, 0.15) is 64.2 Å². The Morgan fingerprint density at radius 1 is 1.25 bits per heavy atom. The van der Waals surface area contributed by atoms with Gasteiger partial charge in [-0.2, -0.15) is 0 Å². The van der Waals surface area contributed by atoms with Gasteiger partial charge in [0.15, 0.2) is 0 Å². The molecule has 0 spiro atoms. The SMILES string of the molecule is COCC1(NC(=O)[C@@H](N)CC2CCCCC2)CCCC1. The monoisotopic (exact) mass is 282 g/mol. The van der Waals surface area contributed by atoms with Gasteiger partial charge in [-0.1, -0.05) is 44.9 Å². The molecule has 2 rings (SSSR count). The molecule has 4 heteroatoms. The number of rotatable bonds is 6. The van der Waals surface area contributed by atoms with E-state index < -0.39 is 0 Å². The van der Waals surface area contributed by atoms with Gasteiger partial charge < -0.3 is 15.8 Å². The Kier molecular flexibility index (Phi) is 5.85. The van der Waals surface area contributed by atoms with Crippen molar-refractivity contribution < 1.29 is 9.53 Å². The Morgan fingerprint density at radius 2 is 1.90 bits per heavy atom. The van der Waals surface area contributed by atoms with Crippen LogP contribution in [-0.4, -0.2) is 31.2 Å². The quantitative estimate of drug-likeness (QED) is 0.786. The van der Waals surface area contributed by atoms with Crippen LogP contribution in [0.5, 0.6) is 0 Å². The Morgan fingerprint density at radius 3 is 2.50 bits per heavy atom. The smallest absolute Gasteiger partial charge is 0.237 e. The van der Waals surface area contributed by atoms with Crippen LogP contribution in [0.3, 0.4) is 0 Å². The lowest BCUT2D eigenvalue weighted by Gasteiger charge is -2.32. The summed E-state index contributed by atoms with van der Waals surface area (Å²) in [5, 5.41) is 3.19. The van der Waals surface area contributed by atoms with Crippen molar-refractivity contribution in [2.75, 3.05) is 13.7 Å². The highest BCUT2D eigenvalue weighted by molar-refractivity contribution is 5.82. The molecule has 2 aliphatic rings. The molecule has 2 fully saturated rings. The largest absolute Gasteiger partial charge is 0.382 e. The molecule has 0 heterocycles. The van der Waals surface area contributed by atoms with Crippen molar-refractivity contribution in [3.05, 3.63) is 0 Å². The Balaban J connectivity index is 1.82. The second-order valence-electron chi connectivity index (χ2n) is 6.76. The van der Waals surface area contributed by atoms with Crippen LogP contribution >= 0.6 is 0 Å². The molecule has 0 bridgehead atoms. The Hall–Kier alpha value is -0.610. The first-order chi connectivity index (χ1) is 9.65. The van der Waals surface area contributed by atoms with E-state index in [0.717, 1.165) is 19.3 Å². The number of hydrogen-bond acceptors (Lipinski definition) is 3. The van der Waals surface area contributed by atoms with Crippen molar-refractivity contribution >= 4 is 5.91 Å². The maximum Gasteiger partial charge on any atom is 0.237 e. The van der Waals surface area contributed by atoms with Gasteiger partial charge in [0.1, 0.15) is 0 Å². The van der Waals surface area contributed by atoms with Crippen molar-refractivity contribution in [3.63, 3.8) is 0 Å². The van der Waals surface area contributed by atoms with E-state index in [1.165, 1.54) is 44.9 Å². The fourth-order valence-corrected chi connectivity index (χ4v) is 3.88. The fourth-order valence-electron chi connectivity index (χ4n) is 3.88. The van der Waals surface area contributed by atoms with Gasteiger partial charge in [0, 0.05) is 7.11 Å². The lowest BCUT2D eigenvalue weighted by molar-refractivity contribution is -0.125. The number of carbonyl (C=O) groups is 1. The molecule has 0 saturated heterocycles. The van der Waals surface area contributed by atoms with Crippen LogP contribution in [0.25, 0.3) is 0 Å². The second kappa shape index (κ2) is 7.41. The summed E-state index contributed by atoms with van der Waals surface area (Å²) in [6, 6.07) is -0.354. The van der Waals surface area contributed by atoms with E-state index in [-0.39, 0.29) is 17.5 Å². The summed E-state index contributed by atoms with van der Waals surface area (Å²) in [5.74, 6) is 0.668. The molecular formula is C16H30N2O2. The van der Waals surface area contributed by atoms with Gasteiger partial charge in [-0.05, 0) is 25.2 Å². The third-order valence-electron chi connectivity index (χ3n) is 5.02. The summed E-state index contributed by atoms with van der Waals surface area (Å²) >= 11 is 0. The number of hydrogen-bond donors (Lipinski definition) is 2. The molecule has 0 aromatic carbocycles. The molecule has 0 aliphatic heterocycles. The molecule has 0 aromatic heterocycles. The van der Waals surface area contributed by atoms with Crippen molar-refractivity contribution in [2.45, 2.75) is 75.8 Å². The molecule has 1 amide bonds. The molecule has 0 aromatic rings. The predicted octanol–water partition coefficient (Wildman–Crippen LogP) is 2.36. The summed E-state index contributed by atoms with van der Waals surface area (Å²) < 4.78 is 5.30. The van der Waals surface area contributed by atoms with Crippen molar-refractivity contribution in [3.8, 4) is 0 Å². The summed E-state index contributed by atoms with van der Waals surface area (Å²) in [5.41, 5.74) is 5.97. The molecule has 3 N–H and O–H groups in total. The lowest BCUT2D eigenvalue weighted by atomic mass is 9.84. The molecule has 0 unspecified atom stereocenters. The molecule has 2 saturated carbocycles. The molecule has 1 atom stereocenters. The number of methoxy groups -OCH3 is 1. The minimum Gasteiger partial charge on any atom is -0.382 e. The van der Waals surface area contributed by atoms with E-state index in [1.54, 1.807) is 7.11 Å². The molecule has 116 valence electrons. The summed E-state index contributed by atoms with van der Waals surface area (Å²) in [6.45, 7) is 0.606. The van der Waals surface area contributed by atoms with E-state index in [9.17, 15) is 4.79 Å². The first kappa shape index (κ1) is 15.8. The van der Waals surface area contributed by atoms with Crippen LogP contribution in [0, 0.1) is 5.92 Å². The predicted molar refractivity (Wildman–Crippen MR) is 80.4 cm³/mol. The summed E-state index contributed by atoms with van der Waals surface area (Å²) in [6.07, 6.45) is 11.6. The van der Waals surface area contributed by atoms with Crippen LogP contribution < -0.4 is 11.1 Å². The highest BCUT2D eigenvalue weighted by Crippen LogP contribution is 2.31. The van der Waals surface area contributed by atoms with Crippen molar-refractivity contribution in [2.24, 2.45) is 11.7 Å². The van der Waals surface area contributed by atoms with Gasteiger partial charge in [0.25, 0.3) is 0 Å². The lowest BCUT2D eigenvalue weighted by Crippen LogP contribution is -2.55. The van der Waals surface area contributed by atoms with Crippen LogP contribution in [0.15, 0.2) is 0 Å². The number of ether oxygens (including phenoxy) is 1. The fraction of sp³-hybridized carbons (Fsp3) is 0.938. The van der Waals surface area contributed by atoms with Crippen molar-refractivity contribution in [1.82, 2.24) is 5.32 Å². The third kappa shape index (κ3) is 4.19. The zero-order valence-electron chi connectivity index (χ0n) is 12.8. The summed E-state index contributed by atoms with van der Waals surface area (Å²) in [4.78, 5) is 12.4. The van der Waals surface area contributed by atoms with Crippen LogP contribution in [0.4, 0.5) is 0 Å². The molecular weight excluding hydrogens is 252 g/mol. The third-order valence-corrected chi connectivity index (χ3v) is 5.02. The van der Waals surface area contributed by atoms with Crippen LogP contribution in [-0.2, 0) is 9.53 Å². The second-order valence-corrected chi connectivity index (χ2v) is 6.76. The maximum absolute atomic E-state index is 12.4. The van der Waals surface area contributed by atoms with E-state index in [1.807, 2.05) is 0 Å². The van der Waals surface area contributed by atoms with E-state index in [0.29, 0.717) is 12.5 Å². The van der Waals surface area contributed by atoms with Crippen molar-refractivity contribution in [1.29, 1.82) is 0 Å². The first-order valence-corrected chi connectivity index (χ1v) is 8.22. The Labute approximate surface area is 122 Å². The highest BCUT2D eigenvalue weighted by atomic mass is 16.5. The van der Waals surface area contributed by atoms with Crippen LogP contribution in [0.2, 0.25) is 0 Å². The number of amides is 1. The minimum atomic E-state index is -0.354. The van der Waals surface area contributed by atoms with E-state index >= 15 is 0 Å². The normalized spacial score (nSPS) is 24.5. The number of carbonyl (C=O) groups excluding carboxylic acids is 1. The van der Waals surface area contributed by atoms with Gasteiger partial charge in [0.05, 0.1) is 18.2 Å². The van der Waals surface area contributed by atoms with Gasteiger partial charge >= 0.3 is 0 Å². The van der Waals surface area contributed by atoms with E-state index in [4.69, 9.17) is 10.5 Å². The standard InChI is InChI=1S/C16H30N2O2/c1-20-12-16(9-5-6-10-16)18-15(19)14(17)11-13-7-3-2-4-8-13/h13-14H,2-12,17H2,1H3,(H,18,19)/t14-/m0/s1.